The Morgan fingerprint density at radius 1 is 1.37 bits per heavy atom. The molecule has 0 aliphatic carbocycles. The number of amides is 1. The van der Waals surface area contributed by atoms with E-state index < -0.39 is 6.10 Å². The molecule has 0 radical (unpaired) electrons. The van der Waals surface area contributed by atoms with Gasteiger partial charge in [0.2, 0.25) is 0 Å². The number of carbonyl (C=O) groups is 1. The molecule has 1 rings (SSSR count). The Bertz CT molecular complexity index is 416. The highest BCUT2D eigenvalue weighted by Crippen LogP contribution is 2.28. The van der Waals surface area contributed by atoms with Crippen LogP contribution in [0.15, 0.2) is 18.2 Å². The second kappa shape index (κ2) is 9.26. The van der Waals surface area contributed by atoms with Gasteiger partial charge in [-0.25, -0.2) is 0 Å². The van der Waals surface area contributed by atoms with Crippen LogP contribution in [0.1, 0.15) is 6.92 Å². The van der Waals surface area contributed by atoms with Crippen LogP contribution in [0, 0.1) is 0 Å². The van der Waals surface area contributed by atoms with Crippen molar-refractivity contribution in [3.63, 3.8) is 0 Å². The van der Waals surface area contributed by atoms with Gasteiger partial charge in [-0.1, -0.05) is 23.2 Å². The summed E-state index contributed by atoms with van der Waals surface area (Å²) in [5.41, 5.74) is 0. The molecule has 1 aromatic rings. The van der Waals surface area contributed by atoms with E-state index in [4.69, 9.17) is 27.9 Å². The van der Waals surface area contributed by atoms with Crippen LogP contribution in [0.3, 0.4) is 0 Å². The molecule has 1 aromatic carbocycles. The topological polar surface area (TPSA) is 50.4 Å². The summed E-state index contributed by atoms with van der Waals surface area (Å²) in [5.74, 6) is 0.258. The van der Waals surface area contributed by atoms with Crippen LogP contribution < -0.4 is 15.4 Å². The minimum atomic E-state index is -0.611. The van der Waals surface area contributed by atoms with Crippen molar-refractivity contribution in [3.05, 3.63) is 28.2 Å². The molecular formula is C12H17Cl3N2O2. The molecule has 0 heterocycles. The zero-order valence-corrected chi connectivity index (χ0v) is 13.0. The molecule has 1 amide bonds. The van der Waals surface area contributed by atoms with Crippen LogP contribution >= 0.6 is 35.6 Å². The molecule has 2 N–H and O–H groups in total. The number of likely N-dealkylation sites (N-methyl/N-ethyl adjacent to an activating group) is 1. The summed E-state index contributed by atoms with van der Waals surface area (Å²) in [6.45, 7) is 2.93. The van der Waals surface area contributed by atoms with E-state index in [0.29, 0.717) is 28.9 Å². The number of benzene rings is 1. The van der Waals surface area contributed by atoms with E-state index >= 15 is 0 Å². The average Bonchev–Trinajstić information content (AvgIpc) is 2.32. The van der Waals surface area contributed by atoms with Crippen LogP contribution in [0.25, 0.3) is 0 Å². The first-order valence-corrected chi connectivity index (χ1v) is 6.34. The van der Waals surface area contributed by atoms with E-state index in [1.54, 1.807) is 25.1 Å². The SMILES string of the molecule is CNCCNC(=O)C(C)Oc1ccc(Cl)cc1Cl.Cl. The molecule has 7 heteroatoms. The zero-order chi connectivity index (χ0) is 13.5. The Kier molecular flexibility index (Phi) is 8.93. The lowest BCUT2D eigenvalue weighted by Crippen LogP contribution is -2.39. The maximum absolute atomic E-state index is 11.7. The fourth-order valence-electron chi connectivity index (χ4n) is 1.27. The third-order valence-corrected chi connectivity index (χ3v) is 2.77. The first kappa shape index (κ1) is 18.3. The summed E-state index contributed by atoms with van der Waals surface area (Å²) in [6, 6.07) is 4.88. The molecule has 0 aliphatic rings. The Balaban J connectivity index is 0.00000324. The van der Waals surface area contributed by atoms with Gasteiger partial charge in [0.05, 0.1) is 5.02 Å². The van der Waals surface area contributed by atoms with Crippen LogP contribution in [-0.4, -0.2) is 32.1 Å². The number of carbonyl (C=O) groups excluding carboxylic acids is 1. The molecule has 1 atom stereocenters. The smallest absolute Gasteiger partial charge is 0.260 e. The summed E-state index contributed by atoms with van der Waals surface area (Å²) in [5, 5.41) is 6.59. The number of hydrogen-bond acceptors (Lipinski definition) is 3. The molecular weight excluding hydrogens is 311 g/mol. The van der Waals surface area contributed by atoms with Crippen molar-refractivity contribution in [3.8, 4) is 5.75 Å². The first-order valence-electron chi connectivity index (χ1n) is 5.58. The van der Waals surface area contributed by atoms with Crippen LogP contribution in [0.5, 0.6) is 5.75 Å². The number of ether oxygens (including phenoxy) is 1. The minimum absolute atomic E-state index is 0. The monoisotopic (exact) mass is 326 g/mol. The average molecular weight is 328 g/mol. The van der Waals surface area contributed by atoms with Gasteiger partial charge in [-0.2, -0.15) is 0 Å². The summed E-state index contributed by atoms with van der Waals surface area (Å²) in [7, 11) is 1.82. The van der Waals surface area contributed by atoms with Gasteiger partial charge in [0.15, 0.2) is 6.10 Å². The molecule has 0 saturated carbocycles. The van der Waals surface area contributed by atoms with E-state index in [-0.39, 0.29) is 18.3 Å². The molecule has 0 aliphatic heterocycles. The Morgan fingerprint density at radius 2 is 2.05 bits per heavy atom. The normalized spacial score (nSPS) is 11.4. The van der Waals surface area contributed by atoms with Gasteiger partial charge < -0.3 is 15.4 Å². The van der Waals surface area contributed by atoms with Crippen LogP contribution in [0.4, 0.5) is 0 Å². The van der Waals surface area contributed by atoms with Crippen molar-refractivity contribution in [2.75, 3.05) is 20.1 Å². The fraction of sp³-hybridized carbons (Fsp3) is 0.417. The van der Waals surface area contributed by atoms with E-state index in [1.807, 2.05) is 7.05 Å². The molecule has 0 spiro atoms. The Hall–Kier alpha value is -0.680. The lowest BCUT2D eigenvalue weighted by Gasteiger charge is -2.15. The highest BCUT2D eigenvalue weighted by atomic mass is 35.5. The maximum Gasteiger partial charge on any atom is 0.260 e. The van der Waals surface area contributed by atoms with Crippen molar-refractivity contribution >= 4 is 41.5 Å². The van der Waals surface area contributed by atoms with Crippen molar-refractivity contribution in [2.24, 2.45) is 0 Å². The van der Waals surface area contributed by atoms with E-state index in [1.165, 1.54) is 0 Å². The van der Waals surface area contributed by atoms with E-state index in [9.17, 15) is 4.79 Å². The fourth-order valence-corrected chi connectivity index (χ4v) is 1.72. The van der Waals surface area contributed by atoms with E-state index in [0.717, 1.165) is 0 Å². The van der Waals surface area contributed by atoms with E-state index in [2.05, 4.69) is 10.6 Å². The van der Waals surface area contributed by atoms with Crippen molar-refractivity contribution in [1.29, 1.82) is 0 Å². The predicted octanol–water partition coefficient (Wildman–Crippen LogP) is 2.52. The lowest BCUT2D eigenvalue weighted by atomic mass is 10.3. The first-order chi connectivity index (χ1) is 8.54. The molecule has 0 saturated heterocycles. The third-order valence-electron chi connectivity index (χ3n) is 2.24. The summed E-state index contributed by atoms with van der Waals surface area (Å²) in [6.07, 6.45) is -0.611. The molecule has 108 valence electrons. The predicted molar refractivity (Wildman–Crippen MR) is 80.7 cm³/mol. The maximum atomic E-state index is 11.7. The second-order valence-electron chi connectivity index (χ2n) is 3.73. The van der Waals surface area contributed by atoms with Gasteiger partial charge >= 0.3 is 0 Å². The Labute approximate surface area is 129 Å². The quantitative estimate of drug-likeness (QED) is 0.789. The zero-order valence-electron chi connectivity index (χ0n) is 10.7. The molecule has 1 unspecified atom stereocenters. The van der Waals surface area contributed by atoms with Gasteiger partial charge in [0.1, 0.15) is 5.75 Å². The summed E-state index contributed by atoms with van der Waals surface area (Å²) in [4.78, 5) is 11.7. The molecule has 0 aromatic heterocycles. The molecule has 19 heavy (non-hydrogen) atoms. The largest absolute Gasteiger partial charge is 0.479 e. The lowest BCUT2D eigenvalue weighted by molar-refractivity contribution is -0.127. The standard InChI is InChI=1S/C12H16Cl2N2O2.ClH/c1-8(12(17)16-6-5-15-2)18-11-4-3-9(13)7-10(11)14;/h3-4,7-8,15H,5-6H2,1-2H3,(H,16,17);1H. The van der Waals surface area contributed by atoms with Gasteiger partial charge in [-0.05, 0) is 32.2 Å². The second-order valence-corrected chi connectivity index (χ2v) is 4.57. The number of hydrogen-bond donors (Lipinski definition) is 2. The van der Waals surface area contributed by atoms with Gasteiger partial charge in [0, 0.05) is 18.1 Å². The van der Waals surface area contributed by atoms with Gasteiger partial charge in [0.25, 0.3) is 5.91 Å². The van der Waals surface area contributed by atoms with Crippen LogP contribution in [0.2, 0.25) is 10.0 Å². The summed E-state index contributed by atoms with van der Waals surface area (Å²) >= 11 is 11.7. The van der Waals surface area contributed by atoms with Crippen molar-refractivity contribution in [1.82, 2.24) is 10.6 Å². The van der Waals surface area contributed by atoms with Gasteiger partial charge in [-0.15, -0.1) is 12.4 Å². The minimum Gasteiger partial charge on any atom is -0.479 e. The van der Waals surface area contributed by atoms with Crippen molar-refractivity contribution in [2.45, 2.75) is 13.0 Å². The Morgan fingerprint density at radius 3 is 2.63 bits per heavy atom. The van der Waals surface area contributed by atoms with Gasteiger partial charge in [-0.3, -0.25) is 4.79 Å². The molecule has 4 nitrogen and oxygen atoms in total. The number of rotatable bonds is 6. The highest BCUT2D eigenvalue weighted by Gasteiger charge is 2.15. The van der Waals surface area contributed by atoms with Crippen molar-refractivity contribution < 1.29 is 9.53 Å². The third kappa shape index (κ3) is 6.34. The number of nitrogens with one attached hydrogen (secondary N) is 2. The molecule has 0 bridgehead atoms. The number of halogens is 3. The molecule has 0 fully saturated rings. The van der Waals surface area contributed by atoms with Crippen LogP contribution in [-0.2, 0) is 4.79 Å². The summed E-state index contributed by atoms with van der Waals surface area (Å²) < 4.78 is 5.47. The highest BCUT2D eigenvalue weighted by molar-refractivity contribution is 6.35.